The topological polar surface area (TPSA) is 74.3 Å². The van der Waals surface area contributed by atoms with E-state index in [2.05, 4.69) is 10.5 Å². The van der Waals surface area contributed by atoms with Crippen LogP contribution in [0.15, 0.2) is 18.2 Å². The summed E-state index contributed by atoms with van der Waals surface area (Å²) in [5, 5.41) is 4.45. The van der Waals surface area contributed by atoms with Crippen LogP contribution in [-0.4, -0.2) is 24.0 Å². The molecule has 1 heterocycles. The SMILES string of the molecule is COc1cc(OC)cc(C(NN)c2c(C)nn(C)c2C)c1. The first-order valence-corrected chi connectivity index (χ1v) is 6.71. The van der Waals surface area contributed by atoms with E-state index in [-0.39, 0.29) is 6.04 Å². The summed E-state index contributed by atoms with van der Waals surface area (Å²) in [7, 11) is 5.18. The molecule has 114 valence electrons. The quantitative estimate of drug-likeness (QED) is 0.646. The van der Waals surface area contributed by atoms with E-state index in [1.165, 1.54) is 0 Å². The Balaban J connectivity index is 2.55. The van der Waals surface area contributed by atoms with Gasteiger partial charge in [0, 0.05) is 24.4 Å². The molecule has 2 rings (SSSR count). The van der Waals surface area contributed by atoms with Crippen LogP contribution in [0.4, 0.5) is 0 Å². The Kier molecular flexibility index (Phi) is 4.50. The van der Waals surface area contributed by atoms with Gasteiger partial charge in [-0.25, -0.2) is 5.43 Å². The Hall–Kier alpha value is -2.05. The van der Waals surface area contributed by atoms with Crippen molar-refractivity contribution in [3.05, 3.63) is 40.7 Å². The van der Waals surface area contributed by atoms with E-state index in [0.717, 1.165) is 34.0 Å². The number of nitrogens with one attached hydrogen (secondary N) is 1. The third-order valence-corrected chi connectivity index (χ3v) is 3.73. The van der Waals surface area contributed by atoms with Crippen molar-refractivity contribution in [1.29, 1.82) is 0 Å². The van der Waals surface area contributed by atoms with E-state index in [1.807, 2.05) is 43.8 Å². The lowest BCUT2D eigenvalue weighted by Gasteiger charge is -2.19. The van der Waals surface area contributed by atoms with Gasteiger partial charge in [-0.2, -0.15) is 5.10 Å². The molecule has 0 saturated carbocycles. The molecule has 0 aliphatic heterocycles. The molecule has 0 bridgehead atoms. The predicted octanol–water partition coefficient (Wildman–Crippen LogP) is 1.61. The smallest absolute Gasteiger partial charge is 0.122 e. The summed E-state index contributed by atoms with van der Waals surface area (Å²) in [6.07, 6.45) is 0. The number of ether oxygens (including phenoxy) is 2. The van der Waals surface area contributed by atoms with Crippen molar-refractivity contribution >= 4 is 0 Å². The van der Waals surface area contributed by atoms with Gasteiger partial charge in [-0.15, -0.1) is 0 Å². The number of aromatic nitrogens is 2. The Morgan fingerprint density at radius 3 is 2.10 bits per heavy atom. The number of rotatable bonds is 5. The Morgan fingerprint density at radius 1 is 1.14 bits per heavy atom. The van der Waals surface area contributed by atoms with E-state index in [1.54, 1.807) is 14.2 Å². The lowest BCUT2D eigenvalue weighted by Crippen LogP contribution is -2.29. The molecule has 0 aliphatic carbocycles. The number of aryl methyl sites for hydroxylation is 2. The van der Waals surface area contributed by atoms with Gasteiger partial charge in [0.2, 0.25) is 0 Å². The van der Waals surface area contributed by atoms with Gasteiger partial charge in [0.15, 0.2) is 0 Å². The van der Waals surface area contributed by atoms with Crippen molar-refractivity contribution in [3.63, 3.8) is 0 Å². The van der Waals surface area contributed by atoms with Crippen LogP contribution in [0.25, 0.3) is 0 Å². The first-order chi connectivity index (χ1) is 10.0. The number of methoxy groups -OCH3 is 2. The lowest BCUT2D eigenvalue weighted by molar-refractivity contribution is 0.392. The van der Waals surface area contributed by atoms with Gasteiger partial charge in [0.25, 0.3) is 0 Å². The second-order valence-corrected chi connectivity index (χ2v) is 4.95. The Labute approximate surface area is 124 Å². The first kappa shape index (κ1) is 15.3. The minimum absolute atomic E-state index is 0.178. The normalized spacial score (nSPS) is 12.3. The molecule has 2 aromatic rings. The van der Waals surface area contributed by atoms with Crippen LogP contribution < -0.4 is 20.7 Å². The highest BCUT2D eigenvalue weighted by Gasteiger charge is 2.22. The van der Waals surface area contributed by atoms with E-state index < -0.39 is 0 Å². The van der Waals surface area contributed by atoms with Crippen LogP contribution in [0.2, 0.25) is 0 Å². The molecule has 6 nitrogen and oxygen atoms in total. The van der Waals surface area contributed by atoms with E-state index in [0.29, 0.717) is 0 Å². The standard InChI is InChI=1S/C15H22N4O2/c1-9-14(10(2)19(3)18-9)15(17-16)11-6-12(20-4)8-13(7-11)21-5/h6-8,15,17H,16H2,1-5H3. The summed E-state index contributed by atoms with van der Waals surface area (Å²) < 4.78 is 12.5. The molecule has 1 aromatic heterocycles. The maximum Gasteiger partial charge on any atom is 0.122 e. The van der Waals surface area contributed by atoms with Crippen molar-refractivity contribution < 1.29 is 9.47 Å². The van der Waals surface area contributed by atoms with Gasteiger partial charge in [0.1, 0.15) is 11.5 Å². The maximum absolute atomic E-state index is 5.80. The second kappa shape index (κ2) is 6.15. The molecule has 0 amide bonds. The van der Waals surface area contributed by atoms with Crippen LogP contribution in [0.5, 0.6) is 11.5 Å². The van der Waals surface area contributed by atoms with Gasteiger partial charge in [-0.1, -0.05) is 0 Å². The highest BCUT2D eigenvalue weighted by atomic mass is 16.5. The van der Waals surface area contributed by atoms with Crippen molar-refractivity contribution in [2.75, 3.05) is 14.2 Å². The number of nitrogens with zero attached hydrogens (tertiary/aromatic N) is 2. The molecular formula is C15H22N4O2. The molecule has 3 N–H and O–H groups in total. The minimum Gasteiger partial charge on any atom is -0.497 e. The van der Waals surface area contributed by atoms with Crippen LogP contribution in [0.1, 0.15) is 28.6 Å². The van der Waals surface area contributed by atoms with Gasteiger partial charge >= 0.3 is 0 Å². The molecule has 1 atom stereocenters. The molecule has 0 aliphatic rings. The van der Waals surface area contributed by atoms with Crippen molar-refractivity contribution in [3.8, 4) is 11.5 Å². The van der Waals surface area contributed by atoms with E-state index in [4.69, 9.17) is 15.3 Å². The summed E-state index contributed by atoms with van der Waals surface area (Å²) in [6, 6.07) is 5.54. The summed E-state index contributed by atoms with van der Waals surface area (Å²) >= 11 is 0. The molecular weight excluding hydrogens is 268 g/mol. The first-order valence-electron chi connectivity index (χ1n) is 6.71. The number of nitrogens with two attached hydrogens (primary N) is 1. The van der Waals surface area contributed by atoms with Gasteiger partial charge in [0.05, 0.1) is 26.0 Å². The molecule has 1 aromatic carbocycles. The van der Waals surface area contributed by atoms with E-state index in [9.17, 15) is 0 Å². The summed E-state index contributed by atoms with van der Waals surface area (Å²) in [5.74, 6) is 7.25. The largest absolute Gasteiger partial charge is 0.497 e. The van der Waals surface area contributed by atoms with Crippen molar-refractivity contribution in [2.24, 2.45) is 12.9 Å². The third kappa shape index (κ3) is 2.86. The zero-order valence-corrected chi connectivity index (χ0v) is 13.1. The fraction of sp³-hybridized carbons (Fsp3) is 0.400. The summed E-state index contributed by atoms with van der Waals surface area (Å²) in [5.41, 5.74) is 6.91. The maximum atomic E-state index is 5.80. The summed E-state index contributed by atoms with van der Waals surface area (Å²) in [4.78, 5) is 0. The third-order valence-electron chi connectivity index (χ3n) is 3.73. The van der Waals surface area contributed by atoms with Gasteiger partial charge in [-0.05, 0) is 31.5 Å². The molecule has 1 unspecified atom stereocenters. The average Bonchev–Trinajstić information content (AvgIpc) is 2.74. The van der Waals surface area contributed by atoms with Crippen LogP contribution in [-0.2, 0) is 7.05 Å². The van der Waals surface area contributed by atoms with Crippen LogP contribution >= 0.6 is 0 Å². The van der Waals surface area contributed by atoms with Crippen LogP contribution in [0.3, 0.4) is 0 Å². The fourth-order valence-corrected chi connectivity index (χ4v) is 2.55. The highest BCUT2D eigenvalue weighted by molar-refractivity contribution is 5.44. The number of hydrogen-bond acceptors (Lipinski definition) is 5. The summed E-state index contributed by atoms with van der Waals surface area (Å²) in [6.45, 7) is 4.00. The van der Waals surface area contributed by atoms with E-state index >= 15 is 0 Å². The number of hydrazine groups is 1. The zero-order valence-electron chi connectivity index (χ0n) is 13.1. The average molecular weight is 290 g/mol. The highest BCUT2D eigenvalue weighted by Crippen LogP contribution is 2.32. The lowest BCUT2D eigenvalue weighted by atomic mass is 9.97. The monoisotopic (exact) mass is 290 g/mol. The van der Waals surface area contributed by atoms with Gasteiger partial charge in [-0.3, -0.25) is 10.5 Å². The number of benzene rings is 1. The van der Waals surface area contributed by atoms with Gasteiger partial charge < -0.3 is 9.47 Å². The molecule has 21 heavy (non-hydrogen) atoms. The fourth-order valence-electron chi connectivity index (χ4n) is 2.55. The molecule has 0 radical (unpaired) electrons. The van der Waals surface area contributed by atoms with Crippen molar-refractivity contribution in [2.45, 2.75) is 19.9 Å². The number of hydrogen-bond donors (Lipinski definition) is 2. The second-order valence-electron chi connectivity index (χ2n) is 4.95. The molecule has 0 saturated heterocycles. The van der Waals surface area contributed by atoms with Crippen LogP contribution in [0, 0.1) is 13.8 Å². The molecule has 6 heteroatoms. The predicted molar refractivity (Wildman–Crippen MR) is 81.4 cm³/mol. The molecule has 0 spiro atoms. The molecule has 0 fully saturated rings. The minimum atomic E-state index is -0.178. The Morgan fingerprint density at radius 2 is 1.71 bits per heavy atom. The zero-order chi connectivity index (χ0) is 15.6. The van der Waals surface area contributed by atoms with Crippen molar-refractivity contribution in [1.82, 2.24) is 15.2 Å². The Bertz CT molecular complexity index is 615.